The van der Waals surface area contributed by atoms with E-state index in [4.69, 9.17) is 20.9 Å². The quantitative estimate of drug-likeness (QED) is 0.0895. The van der Waals surface area contributed by atoms with Gasteiger partial charge < -0.3 is 26.0 Å². The fourth-order valence-corrected chi connectivity index (χ4v) is 5.37. The Kier molecular flexibility index (Phi) is 9.84. The molecule has 5 aromatic heterocycles. The molecule has 0 aliphatic carbocycles. The highest BCUT2D eigenvalue weighted by molar-refractivity contribution is 6.00. The fraction of sp³-hybridized carbons (Fsp3) is 0.147. The third kappa shape index (κ3) is 6.69. The van der Waals surface area contributed by atoms with E-state index in [0.717, 1.165) is 0 Å². The number of carbonyl (C=O) groups excluding carboxylic acids is 2. The molecule has 0 unspecified atom stereocenters. The van der Waals surface area contributed by atoms with Gasteiger partial charge >= 0.3 is 12.0 Å². The Hall–Kier alpha value is -8.01. The van der Waals surface area contributed by atoms with E-state index >= 15 is 0 Å². The lowest BCUT2D eigenvalue weighted by molar-refractivity contribution is 0.0601. The summed E-state index contributed by atoms with van der Waals surface area (Å²) in [7, 11) is 2.60. The number of aliphatic hydroxyl groups excluding tert-OH is 1. The first-order valence-electron chi connectivity index (χ1n) is 16.5. The summed E-state index contributed by atoms with van der Waals surface area (Å²) in [6.07, 6.45) is 2.63. The lowest BCUT2D eigenvalue weighted by atomic mass is 10.2. The second-order valence-corrected chi connectivity index (χ2v) is 11.6. The number of nitrogen functional groups attached to an aromatic ring is 2. The maximum Gasteiger partial charge on any atom is 0.343 e. The summed E-state index contributed by atoms with van der Waals surface area (Å²) in [5.74, 6) is -1.33. The van der Waals surface area contributed by atoms with Crippen LogP contribution in [0.1, 0.15) is 32.1 Å². The minimum absolute atomic E-state index is 0.0155. The Morgan fingerprint density at radius 1 is 0.679 bits per heavy atom. The van der Waals surface area contributed by atoms with E-state index in [2.05, 4.69) is 55.8 Å². The van der Waals surface area contributed by atoms with Crippen molar-refractivity contribution in [2.24, 2.45) is 20.5 Å². The Bertz CT molecular complexity index is 2470. The van der Waals surface area contributed by atoms with Crippen molar-refractivity contribution in [1.29, 1.82) is 0 Å². The number of hydrogen-bond acceptors (Lipinski definition) is 18. The molecule has 5 heterocycles. The van der Waals surface area contributed by atoms with Gasteiger partial charge in [-0.05, 0) is 38.1 Å². The molecule has 56 heavy (non-hydrogen) atoms. The number of azo groups is 2. The molecule has 22 nitrogen and oxygen atoms in total. The summed E-state index contributed by atoms with van der Waals surface area (Å²) in [4.78, 5) is 38.3. The van der Waals surface area contributed by atoms with E-state index in [1.807, 2.05) is 24.3 Å². The second kappa shape index (κ2) is 15.2. The highest BCUT2D eigenvalue weighted by Crippen LogP contribution is 2.34. The molecule has 22 heteroatoms. The molecule has 0 aliphatic heterocycles. The Labute approximate surface area is 315 Å². The highest BCUT2D eigenvalue weighted by atomic mass is 16.5. The van der Waals surface area contributed by atoms with E-state index in [1.165, 1.54) is 45.3 Å². The number of nitrogens with two attached hydrogens (primary N) is 2. The van der Waals surface area contributed by atoms with Crippen LogP contribution in [0.15, 0.2) is 93.5 Å². The molecule has 5 N–H and O–H groups in total. The Morgan fingerprint density at radius 3 is 1.59 bits per heavy atom. The largest absolute Gasteiger partial charge is 0.467 e. The number of benzene rings is 2. The van der Waals surface area contributed by atoms with Gasteiger partial charge in [0.15, 0.2) is 40.4 Å². The van der Waals surface area contributed by atoms with Gasteiger partial charge in [0.25, 0.3) is 11.9 Å². The average molecular weight is 758 g/mol. The molecule has 282 valence electrons. The Balaban J connectivity index is 1.25. The number of rotatable bonds is 12. The van der Waals surface area contributed by atoms with Gasteiger partial charge in [-0.15, -0.1) is 20.5 Å². The molecular weight excluding hydrogens is 726 g/mol. The monoisotopic (exact) mass is 757 g/mol. The molecule has 0 saturated heterocycles. The van der Waals surface area contributed by atoms with Crippen LogP contribution in [0.25, 0.3) is 23.3 Å². The number of aryl methyl sites for hydroxylation is 2. The first-order chi connectivity index (χ1) is 27.1. The van der Waals surface area contributed by atoms with Crippen molar-refractivity contribution in [3.8, 4) is 29.3 Å². The fourth-order valence-electron chi connectivity index (χ4n) is 5.37. The first kappa shape index (κ1) is 36.4. The molecule has 0 amide bonds. The summed E-state index contributed by atoms with van der Waals surface area (Å²) < 4.78 is 15.5. The van der Waals surface area contributed by atoms with Crippen LogP contribution in [0, 0.1) is 13.8 Å². The molecule has 7 rings (SSSR count). The van der Waals surface area contributed by atoms with Crippen molar-refractivity contribution in [2.45, 2.75) is 13.8 Å². The molecule has 0 bridgehead atoms. The van der Waals surface area contributed by atoms with E-state index in [0.29, 0.717) is 22.8 Å². The summed E-state index contributed by atoms with van der Waals surface area (Å²) in [5.41, 5.74) is 15.4. The lowest BCUT2D eigenvalue weighted by Crippen LogP contribution is -2.14. The second-order valence-electron chi connectivity index (χ2n) is 11.6. The molecule has 0 fully saturated rings. The number of ether oxygens (including phenoxy) is 2. The van der Waals surface area contributed by atoms with Crippen LogP contribution in [0.5, 0.6) is 6.01 Å². The maximum absolute atomic E-state index is 12.6. The number of methoxy groups -OCH3 is 2. The average Bonchev–Trinajstić information content (AvgIpc) is 3.99. The SMILES string of the molecule is COC(=O)c1cnn(-c2ccccc2)c1N=Nc1c(C)nn(-c2nc(OC)nc(-n3nc(C)c(N=Nc4c(C(=O)CO)cnn4-c4ccccc4)c3N)n2)c1N. The summed E-state index contributed by atoms with van der Waals surface area (Å²) in [6.45, 7) is 2.52. The number of aliphatic hydroxyl groups is 1. The molecule has 2 aromatic carbocycles. The van der Waals surface area contributed by atoms with E-state index in [-0.39, 0.29) is 63.7 Å². The van der Waals surface area contributed by atoms with Crippen molar-refractivity contribution in [3.05, 3.63) is 95.6 Å². The number of aromatic nitrogens is 11. The third-order valence-corrected chi connectivity index (χ3v) is 8.11. The standard InChI is InChI=1S/C34H31N17O5/c1-18-25(42-44-29-22(24(53)17-52)15-37-48(29)20-11-7-5-8-12-20)27(35)50(46-18)32-39-33(41-34(40-32)56-4)51-28(36)26(19(2)47-51)43-45-30-23(31(54)55-3)16-38-49(30)21-13-9-6-10-14-21/h5-16,52H,17,35-36H2,1-4H3. The van der Waals surface area contributed by atoms with Crippen LogP contribution in [0.4, 0.5) is 34.6 Å². The van der Waals surface area contributed by atoms with Crippen molar-refractivity contribution in [3.63, 3.8) is 0 Å². The van der Waals surface area contributed by atoms with Gasteiger partial charge in [0.2, 0.25) is 0 Å². The van der Waals surface area contributed by atoms with Gasteiger partial charge in [-0.25, -0.2) is 14.2 Å². The van der Waals surface area contributed by atoms with Gasteiger partial charge in [-0.2, -0.15) is 44.7 Å². The predicted octanol–water partition coefficient (Wildman–Crippen LogP) is 4.20. The van der Waals surface area contributed by atoms with Gasteiger partial charge in [-0.3, -0.25) is 4.79 Å². The van der Waals surface area contributed by atoms with Crippen molar-refractivity contribution in [2.75, 3.05) is 32.3 Å². The van der Waals surface area contributed by atoms with E-state index in [9.17, 15) is 14.7 Å². The van der Waals surface area contributed by atoms with Gasteiger partial charge in [0, 0.05) is 0 Å². The maximum atomic E-state index is 12.6. The normalized spacial score (nSPS) is 11.5. The van der Waals surface area contributed by atoms with Crippen LogP contribution in [-0.2, 0) is 4.74 Å². The lowest BCUT2D eigenvalue weighted by Gasteiger charge is -2.08. The van der Waals surface area contributed by atoms with Crippen LogP contribution in [-0.4, -0.2) is 91.8 Å². The number of Topliss-reactive ketones (excluding diaryl/α,β-unsaturated/α-hetero) is 1. The summed E-state index contributed by atoms with van der Waals surface area (Å²) in [5, 5.41) is 44.4. The molecule has 0 spiro atoms. The number of esters is 1. The van der Waals surface area contributed by atoms with Crippen LogP contribution in [0.3, 0.4) is 0 Å². The zero-order chi connectivity index (χ0) is 39.5. The third-order valence-electron chi connectivity index (χ3n) is 8.11. The zero-order valence-electron chi connectivity index (χ0n) is 30.1. The van der Waals surface area contributed by atoms with E-state index < -0.39 is 18.4 Å². The van der Waals surface area contributed by atoms with Gasteiger partial charge in [0.1, 0.15) is 12.2 Å². The summed E-state index contributed by atoms with van der Waals surface area (Å²) >= 11 is 0. The van der Waals surface area contributed by atoms with Crippen LogP contribution in [0.2, 0.25) is 0 Å². The number of hydrogen-bond donors (Lipinski definition) is 3. The number of ketones is 1. The van der Waals surface area contributed by atoms with E-state index in [1.54, 1.807) is 50.2 Å². The zero-order valence-corrected chi connectivity index (χ0v) is 30.1. The number of carbonyl (C=O) groups is 2. The highest BCUT2D eigenvalue weighted by Gasteiger charge is 2.24. The molecule has 7 aromatic rings. The molecule has 0 aliphatic rings. The van der Waals surface area contributed by atoms with Gasteiger partial charge in [0.05, 0.1) is 54.9 Å². The van der Waals surface area contributed by atoms with Crippen molar-refractivity contribution in [1.82, 2.24) is 54.1 Å². The Morgan fingerprint density at radius 2 is 1.14 bits per heavy atom. The molecular formula is C34H31N17O5. The topological polar surface area (TPSA) is 284 Å². The number of para-hydroxylation sites is 2. The minimum Gasteiger partial charge on any atom is -0.467 e. The van der Waals surface area contributed by atoms with Crippen molar-refractivity contribution >= 4 is 46.4 Å². The van der Waals surface area contributed by atoms with Crippen molar-refractivity contribution < 1.29 is 24.2 Å². The van der Waals surface area contributed by atoms with Gasteiger partial charge in [-0.1, -0.05) is 36.4 Å². The summed E-state index contributed by atoms with van der Waals surface area (Å²) in [6, 6.07) is 17.9. The number of anilines is 2. The molecule has 0 atom stereocenters. The van der Waals surface area contributed by atoms with Crippen LogP contribution >= 0.6 is 0 Å². The minimum atomic E-state index is -0.757. The molecule has 0 saturated carbocycles. The first-order valence-corrected chi connectivity index (χ1v) is 16.5. The predicted molar refractivity (Wildman–Crippen MR) is 197 cm³/mol. The number of nitrogens with zero attached hydrogens (tertiary/aromatic N) is 15. The van der Waals surface area contributed by atoms with Crippen LogP contribution < -0.4 is 16.2 Å². The smallest absolute Gasteiger partial charge is 0.343 e. The molecule has 0 radical (unpaired) electrons.